The van der Waals surface area contributed by atoms with E-state index in [4.69, 9.17) is 18.8 Å². The second kappa shape index (κ2) is 8.56. The highest BCUT2D eigenvalue weighted by Crippen LogP contribution is 2.37. The van der Waals surface area contributed by atoms with Gasteiger partial charge in [-0.2, -0.15) is 0 Å². The van der Waals surface area contributed by atoms with E-state index in [1.807, 2.05) is 55.5 Å². The van der Waals surface area contributed by atoms with E-state index in [2.05, 4.69) is 37.7 Å². The minimum atomic E-state index is -0.431. The van der Waals surface area contributed by atoms with Crippen molar-refractivity contribution in [3.05, 3.63) is 66.0 Å². The molecule has 0 amide bonds. The lowest BCUT2D eigenvalue weighted by atomic mass is 9.76. The Morgan fingerprint density at radius 2 is 1.69 bits per heavy atom. The van der Waals surface area contributed by atoms with Crippen molar-refractivity contribution in [1.82, 2.24) is 9.97 Å². The van der Waals surface area contributed by atoms with Crippen molar-refractivity contribution in [3.63, 3.8) is 0 Å². The molecule has 1 aromatic heterocycles. The van der Waals surface area contributed by atoms with E-state index in [-0.39, 0.29) is 0 Å². The first-order chi connectivity index (χ1) is 15.2. The van der Waals surface area contributed by atoms with Crippen LogP contribution >= 0.6 is 0 Å². The number of aromatic nitrogens is 2. The van der Waals surface area contributed by atoms with Gasteiger partial charge >= 0.3 is 7.12 Å². The van der Waals surface area contributed by atoms with E-state index in [1.165, 1.54) is 0 Å². The highest BCUT2D eigenvalue weighted by Gasteiger charge is 2.52. The monoisotopic (exact) mass is 432 g/mol. The first kappa shape index (κ1) is 22.3. The fourth-order valence-electron chi connectivity index (χ4n) is 3.53. The zero-order valence-electron chi connectivity index (χ0n) is 19.5. The van der Waals surface area contributed by atoms with E-state index < -0.39 is 18.3 Å². The molecule has 1 fully saturated rings. The number of aryl methyl sites for hydroxylation is 1. The minimum Gasteiger partial charge on any atom is -0.496 e. The SMILES string of the molecule is COc1ccccc1-c1nccc(COc2ccc(C)c(B3OC(C)(C)C(C)(C)O3)c2)n1. The fourth-order valence-corrected chi connectivity index (χ4v) is 3.53. The molecule has 6 nitrogen and oxygen atoms in total. The Balaban J connectivity index is 1.51. The first-order valence-electron chi connectivity index (χ1n) is 10.7. The average molecular weight is 432 g/mol. The number of rotatable bonds is 6. The Kier molecular flexibility index (Phi) is 5.97. The van der Waals surface area contributed by atoms with Crippen LogP contribution in [-0.2, 0) is 15.9 Å². The highest BCUT2D eigenvalue weighted by atomic mass is 16.7. The van der Waals surface area contributed by atoms with Crippen LogP contribution < -0.4 is 14.9 Å². The minimum absolute atomic E-state index is 0.316. The van der Waals surface area contributed by atoms with E-state index in [0.717, 1.165) is 33.8 Å². The maximum atomic E-state index is 6.23. The number of nitrogens with zero attached hydrogens (tertiary/aromatic N) is 2. The van der Waals surface area contributed by atoms with Crippen molar-refractivity contribution < 1.29 is 18.8 Å². The third-order valence-electron chi connectivity index (χ3n) is 6.21. The van der Waals surface area contributed by atoms with Gasteiger partial charge in [0.15, 0.2) is 5.82 Å². The molecular weight excluding hydrogens is 403 g/mol. The van der Waals surface area contributed by atoms with Gasteiger partial charge in [-0.05, 0) is 70.4 Å². The lowest BCUT2D eigenvalue weighted by molar-refractivity contribution is 0.00578. The molecule has 0 bridgehead atoms. The molecule has 0 aliphatic carbocycles. The molecule has 0 atom stereocenters. The average Bonchev–Trinajstić information content (AvgIpc) is 3.00. The van der Waals surface area contributed by atoms with Gasteiger partial charge in [-0.3, -0.25) is 0 Å². The summed E-state index contributed by atoms with van der Waals surface area (Å²) in [4.78, 5) is 9.06. The normalized spacial score (nSPS) is 16.8. The van der Waals surface area contributed by atoms with Gasteiger partial charge < -0.3 is 18.8 Å². The second-order valence-corrected chi connectivity index (χ2v) is 8.97. The molecule has 0 radical (unpaired) electrons. The predicted molar refractivity (Wildman–Crippen MR) is 125 cm³/mol. The van der Waals surface area contributed by atoms with Crippen LogP contribution in [-0.4, -0.2) is 35.4 Å². The highest BCUT2D eigenvalue weighted by molar-refractivity contribution is 6.62. The van der Waals surface area contributed by atoms with Crippen LogP contribution in [0.25, 0.3) is 11.4 Å². The Morgan fingerprint density at radius 3 is 2.41 bits per heavy atom. The number of methoxy groups -OCH3 is 1. The lowest BCUT2D eigenvalue weighted by Crippen LogP contribution is -2.41. The van der Waals surface area contributed by atoms with Gasteiger partial charge in [0.2, 0.25) is 0 Å². The number of hydrogen-bond acceptors (Lipinski definition) is 6. The van der Waals surface area contributed by atoms with Gasteiger partial charge in [0.1, 0.15) is 18.1 Å². The molecule has 0 spiro atoms. The summed E-state index contributed by atoms with van der Waals surface area (Å²) in [6.45, 7) is 10.6. The number of benzene rings is 2. The zero-order valence-corrected chi connectivity index (χ0v) is 19.5. The van der Waals surface area contributed by atoms with Crippen molar-refractivity contribution in [2.24, 2.45) is 0 Å². The van der Waals surface area contributed by atoms with Crippen LogP contribution in [0.2, 0.25) is 0 Å². The summed E-state index contributed by atoms with van der Waals surface area (Å²) < 4.78 is 24.0. The van der Waals surface area contributed by atoms with E-state index in [9.17, 15) is 0 Å². The molecule has 2 heterocycles. The molecule has 1 aliphatic rings. The summed E-state index contributed by atoms with van der Waals surface area (Å²) in [5.41, 5.74) is 2.90. The molecule has 1 aliphatic heterocycles. The van der Waals surface area contributed by atoms with Gasteiger partial charge in [0, 0.05) is 6.20 Å². The number of para-hydroxylation sites is 1. The van der Waals surface area contributed by atoms with Gasteiger partial charge in [-0.1, -0.05) is 23.8 Å². The largest absolute Gasteiger partial charge is 0.496 e. The van der Waals surface area contributed by atoms with Crippen LogP contribution in [0.3, 0.4) is 0 Å². The number of ether oxygens (including phenoxy) is 2. The third kappa shape index (κ3) is 4.36. The van der Waals surface area contributed by atoms with E-state index in [1.54, 1.807) is 13.3 Å². The molecule has 0 N–H and O–H groups in total. The predicted octanol–water partition coefficient (Wildman–Crippen LogP) is 4.34. The molecule has 32 heavy (non-hydrogen) atoms. The van der Waals surface area contributed by atoms with Gasteiger partial charge in [0.25, 0.3) is 0 Å². The van der Waals surface area contributed by atoms with Crippen molar-refractivity contribution in [2.45, 2.75) is 52.4 Å². The van der Waals surface area contributed by atoms with Crippen LogP contribution in [0, 0.1) is 6.92 Å². The van der Waals surface area contributed by atoms with Crippen molar-refractivity contribution in [1.29, 1.82) is 0 Å². The van der Waals surface area contributed by atoms with E-state index >= 15 is 0 Å². The molecule has 3 aromatic rings. The Hall–Kier alpha value is -2.90. The molecular formula is C25H29BN2O4. The van der Waals surface area contributed by atoms with E-state index in [0.29, 0.717) is 12.4 Å². The summed E-state index contributed by atoms with van der Waals surface area (Å²) in [5, 5.41) is 0. The first-order valence-corrected chi connectivity index (χ1v) is 10.7. The molecule has 4 rings (SSSR count). The third-order valence-corrected chi connectivity index (χ3v) is 6.21. The molecule has 0 saturated carbocycles. The Labute approximate surface area is 190 Å². The number of hydrogen-bond donors (Lipinski definition) is 0. The van der Waals surface area contributed by atoms with Crippen LogP contribution in [0.4, 0.5) is 0 Å². The summed E-state index contributed by atoms with van der Waals surface area (Å²) in [6, 6.07) is 15.5. The van der Waals surface area contributed by atoms with Crippen molar-refractivity contribution in [2.75, 3.05) is 7.11 Å². The Bertz CT molecular complexity index is 1100. The quantitative estimate of drug-likeness (QED) is 0.540. The van der Waals surface area contributed by atoms with Crippen LogP contribution in [0.1, 0.15) is 39.0 Å². The van der Waals surface area contributed by atoms with Gasteiger partial charge in [0.05, 0.1) is 29.6 Å². The maximum Gasteiger partial charge on any atom is 0.495 e. The Morgan fingerprint density at radius 1 is 0.969 bits per heavy atom. The maximum absolute atomic E-state index is 6.23. The topological polar surface area (TPSA) is 62.7 Å². The van der Waals surface area contributed by atoms with Crippen LogP contribution in [0.15, 0.2) is 54.7 Å². The van der Waals surface area contributed by atoms with Gasteiger partial charge in [-0.25, -0.2) is 9.97 Å². The summed E-state index contributed by atoms with van der Waals surface area (Å²) in [5.74, 6) is 2.07. The van der Waals surface area contributed by atoms with Crippen molar-refractivity contribution in [3.8, 4) is 22.9 Å². The summed E-state index contributed by atoms with van der Waals surface area (Å²) in [7, 11) is 1.21. The fraction of sp³-hybridized carbons (Fsp3) is 0.360. The zero-order chi connectivity index (χ0) is 22.9. The van der Waals surface area contributed by atoms with Gasteiger partial charge in [-0.15, -0.1) is 0 Å². The van der Waals surface area contributed by atoms with Crippen molar-refractivity contribution >= 4 is 12.6 Å². The molecule has 166 valence electrons. The molecule has 7 heteroatoms. The standard InChI is InChI=1S/C25H29BN2O4/c1-17-11-12-19(15-21(17)26-31-24(2,3)25(4,5)32-26)30-16-18-13-14-27-23(28-18)20-9-7-8-10-22(20)29-6/h7-15H,16H2,1-6H3. The molecule has 1 saturated heterocycles. The summed E-state index contributed by atoms with van der Waals surface area (Å²) in [6.07, 6.45) is 1.73. The molecule has 0 unspecified atom stereocenters. The van der Waals surface area contributed by atoms with Crippen LogP contribution in [0.5, 0.6) is 11.5 Å². The second-order valence-electron chi connectivity index (χ2n) is 8.97. The molecule has 2 aromatic carbocycles. The summed E-state index contributed by atoms with van der Waals surface area (Å²) >= 11 is 0. The lowest BCUT2D eigenvalue weighted by Gasteiger charge is -2.32. The smallest absolute Gasteiger partial charge is 0.495 e.